The van der Waals surface area contributed by atoms with Crippen LogP contribution < -0.4 is 10.6 Å². The van der Waals surface area contributed by atoms with Gasteiger partial charge in [-0.3, -0.25) is 4.99 Å². The molecule has 1 saturated carbocycles. The van der Waals surface area contributed by atoms with Gasteiger partial charge in [0.25, 0.3) is 0 Å². The molecule has 0 aromatic heterocycles. The number of likely N-dealkylation sites (tertiary alicyclic amines) is 1. The molecule has 25 heavy (non-hydrogen) atoms. The zero-order valence-corrected chi connectivity index (χ0v) is 16.3. The summed E-state index contributed by atoms with van der Waals surface area (Å²) < 4.78 is 5.08. The minimum Gasteiger partial charge on any atom is -0.450 e. The molecule has 2 fully saturated rings. The lowest BCUT2D eigenvalue weighted by Crippen LogP contribution is -2.50. The SMILES string of the molecule is CCNC(=NCC(C1CC1)N(C)C)NC1CCN(C(=O)OCC)CC1. The third-order valence-corrected chi connectivity index (χ3v) is 4.97. The molecule has 1 aliphatic heterocycles. The smallest absolute Gasteiger partial charge is 0.409 e. The standard InChI is InChI=1S/C18H35N5O2/c1-5-19-17(20-13-16(22(3)4)14-7-8-14)21-15-9-11-23(12-10-15)18(24)25-6-2/h14-16H,5-13H2,1-4H3,(H2,19,20,21). The fourth-order valence-electron chi connectivity index (χ4n) is 3.33. The van der Waals surface area contributed by atoms with Crippen molar-refractivity contribution in [1.29, 1.82) is 0 Å². The number of guanidine groups is 1. The number of amides is 1. The van der Waals surface area contributed by atoms with E-state index in [0.29, 0.717) is 18.7 Å². The summed E-state index contributed by atoms with van der Waals surface area (Å²) in [5.74, 6) is 1.69. The number of likely N-dealkylation sites (N-methyl/N-ethyl adjacent to an activating group) is 1. The van der Waals surface area contributed by atoms with E-state index in [1.54, 1.807) is 4.90 Å². The predicted molar refractivity (Wildman–Crippen MR) is 101 cm³/mol. The Balaban J connectivity index is 1.82. The number of hydrogen-bond acceptors (Lipinski definition) is 4. The summed E-state index contributed by atoms with van der Waals surface area (Å²) in [5, 5.41) is 6.90. The number of nitrogens with one attached hydrogen (secondary N) is 2. The number of piperidine rings is 1. The van der Waals surface area contributed by atoms with Crippen molar-refractivity contribution >= 4 is 12.1 Å². The van der Waals surface area contributed by atoms with Crippen LogP contribution in [0.3, 0.4) is 0 Å². The summed E-state index contributed by atoms with van der Waals surface area (Å²) in [4.78, 5) is 20.7. The van der Waals surface area contributed by atoms with Gasteiger partial charge in [0.15, 0.2) is 5.96 Å². The van der Waals surface area contributed by atoms with Crippen LogP contribution in [0.1, 0.15) is 39.5 Å². The van der Waals surface area contributed by atoms with Gasteiger partial charge >= 0.3 is 6.09 Å². The van der Waals surface area contributed by atoms with Crippen molar-refractivity contribution in [1.82, 2.24) is 20.4 Å². The number of carbonyl (C=O) groups excluding carboxylic acids is 1. The summed E-state index contributed by atoms with van der Waals surface area (Å²) in [7, 11) is 4.29. The average Bonchev–Trinajstić information content (AvgIpc) is 3.40. The van der Waals surface area contributed by atoms with E-state index >= 15 is 0 Å². The summed E-state index contributed by atoms with van der Waals surface area (Å²) in [6.45, 7) is 7.51. The Morgan fingerprint density at radius 2 is 1.92 bits per heavy atom. The molecular formula is C18H35N5O2. The highest BCUT2D eigenvalue weighted by molar-refractivity contribution is 5.80. The average molecular weight is 354 g/mol. The van der Waals surface area contributed by atoms with Crippen LogP contribution in [0.15, 0.2) is 4.99 Å². The van der Waals surface area contributed by atoms with Crippen molar-refractivity contribution < 1.29 is 9.53 Å². The molecule has 2 rings (SSSR count). The van der Waals surface area contributed by atoms with Crippen molar-refractivity contribution in [3.8, 4) is 0 Å². The van der Waals surface area contributed by atoms with Crippen LogP contribution in [-0.2, 0) is 4.74 Å². The molecular weight excluding hydrogens is 318 g/mol. The van der Waals surface area contributed by atoms with Crippen molar-refractivity contribution in [3.63, 3.8) is 0 Å². The van der Waals surface area contributed by atoms with Crippen molar-refractivity contribution in [2.24, 2.45) is 10.9 Å². The van der Waals surface area contributed by atoms with Gasteiger partial charge in [0.2, 0.25) is 0 Å². The Morgan fingerprint density at radius 3 is 2.44 bits per heavy atom. The first kappa shape index (κ1) is 19.8. The highest BCUT2D eigenvalue weighted by Crippen LogP contribution is 2.34. The first-order valence-corrected chi connectivity index (χ1v) is 9.68. The Kier molecular flexibility index (Phi) is 7.81. The van der Waals surface area contributed by atoms with E-state index in [4.69, 9.17) is 9.73 Å². The third kappa shape index (κ3) is 6.38. The summed E-state index contributed by atoms with van der Waals surface area (Å²) in [5.41, 5.74) is 0. The number of carbonyl (C=O) groups is 1. The van der Waals surface area contributed by atoms with Crippen LogP contribution in [0.5, 0.6) is 0 Å². The number of hydrogen-bond donors (Lipinski definition) is 2. The molecule has 0 radical (unpaired) electrons. The Bertz CT molecular complexity index is 441. The van der Waals surface area contributed by atoms with Gasteiger partial charge in [-0.15, -0.1) is 0 Å². The van der Waals surface area contributed by atoms with Crippen molar-refractivity contribution in [2.75, 3.05) is 46.9 Å². The molecule has 144 valence electrons. The van der Waals surface area contributed by atoms with E-state index in [9.17, 15) is 4.79 Å². The number of rotatable bonds is 7. The first-order chi connectivity index (χ1) is 12.0. The van der Waals surface area contributed by atoms with Crippen LogP contribution in [0, 0.1) is 5.92 Å². The summed E-state index contributed by atoms with van der Waals surface area (Å²) in [6, 6.07) is 0.878. The number of ether oxygens (including phenoxy) is 1. The second-order valence-electron chi connectivity index (χ2n) is 7.19. The zero-order valence-electron chi connectivity index (χ0n) is 16.3. The molecule has 1 unspecified atom stereocenters. The van der Waals surface area contributed by atoms with Gasteiger partial charge in [0.05, 0.1) is 13.2 Å². The summed E-state index contributed by atoms with van der Waals surface area (Å²) in [6.07, 6.45) is 4.30. The fraction of sp³-hybridized carbons (Fsp3) is 0.889. The van der Waals surface area contributed by atoms with E-state index in [1.165, 1.54) is 12.8 Å². The van der Waals surface area contributed by atoms with Gasteiger partial charge in [0.1, 0.15) is 0 Å². The van der Waals surface area contributed by atoms with Crippen molar-refractivity contribution in [3.05, 3.63) is 0 Å². The molecule has 1 heterocycles. The zero-order chi connectivity index (χ0) is 18.2. The van der Waals surface area contributed by atoms with Gasteiger partial charge in [-0.1, -0.05) is 0 Å². The quantitative estimate of drug-likeness (QED) is 0.536. The third-order valence-electron chi connectivity index (χ3n) is 4.97. The van der Waals surface area contributed by atoms with E-state index in [1.807, 2.05) is 6.92 Å². The largest absolute Gasteiger partial charge is 0.450 e. The first-order valence-electron chi connectivity index (χ1n) is 9.68. The van der Waals surface area contributed by atoms with E-state index in [0.717, 1.165) is 50.9 Å². The second-order valence-corrected chi connectivity index (χ2v) is 7.19. The lowest BCUT2D eigenvalue weighted by atomic mass is 10.1. The Hall–Kier alpha value is -1.50. The van der Waals surface area contributed by atoms with Crippen molar-refractivity contribution in [2.45, 2.75) is 51.6 Å². The van der Waals surface area contributed by atoms with Gasteiger partial charge in [-0.2, -0.15) is 0 Å². The molecule has 2 aliphatic rings. The maximum Gasteiger partial charge on any atom is 0.409 e. The van der Waals surface area contributed by atoms with E-state index < -0.39 is 0 Å². The lowest BCUT2D eigenvalue weighted by Gasteiger charge is -2.32. The molecule has 0 aromatic rings. The Labute approximate surface area is 152 Å². The highest BCUT2D eigenvalue weighted by atomic mass is 16.6. The molecule has 1 aliphatic carbocycles. The fourth-order valence-corrected chi connectivity index (χ4v) is 3.33. The summed E-state index contributed by atoms with van der Waals surface area (Å²) >= 11 is 0. The molecule has 0 spiro atoms. The molecule has 7 nitrogen and oxygen atoms in total. The molecule has 2 N–H and O–H groups in total. The van der Waals surface area contributed by atoms with Crippen LogP contribution >= 0.6 is 0 Å². The van der Waals surface area contributed by atoms with Crippen LogP contribution in [-0.4, -0.2) is 80.8 Å². The highest BCUT2D eigenvalue weighted by Gasteiger charge is 2.32. The van der Waals surface area contributed by atoms with Crippen LogP contribution in [0.4, 0.5) is 4.79 Å². The second kappa shape index (κ2) is 9.85. The maximum absolute atomic E-state index is 11.8. The molecule has 1 saturated heterocycles. The number of aliphatic imine (C=N–C) groups is 1. The normalized spacial score (nSPS) is 20.5. The minimum absolute atomic E-state index is 0.195. The topological polar surface area (TPSA) is 69.2 Å². The van der Waals surface area contributed by atoms with E-state index in [2.05, 4.69) is 36.6 Å². The maximum atomic E-state index is 11.8. The Morgan fingerprint density at radius 1 is 1.24 bits per heavy atom. The minimum atomic E-state index is -0.195. The molecule has 0 aromatic carbocycles. The van der Waals surface area contributed by atoms with Crippen LogP contribution in [0.25, 0.3) is 0 Å². The number of nitrogens with zero attached hydrogens (tertiary/aromatic N) is 3. The molecule has 1 amide bonds. The van der Waals surface area contributed by atoms with Gasteiger partial charge < -0.3 is 25.2 Å². The monoisotopic (exact) mass is 353 g/mol. The van der Waals surface area contributed by atoms with Crippen LogP contribution in [0.2, 0.25) is 0 Å². The van der Waals surface area contributed by atoms with Gasteiger partial charge in [0, 0.05) is 31.7 Å². The molecule has 7 heteroatoms. The molecule has 0 bridgehead atoms. The van der Waals surface area contributed by atoms with Gasteiger partial charge in [-0.25, -0.2) is 4.79 Å². The predicted octanol–water partition coefficient (Wildman–Crippen LogP) is 1.50. The lowest BCUT2D eigenvalue weighted by molar-refractivity contribution is 0.0963. The van der Waals surface area contributed by atoms with Gasteiger partial charge in [-0.05, 0) is 59.5 Å². The van der Waals surface area contributed by atoms with E-state index in [-0.39, 0.29) is 6.09 Å². The molecule has 1 atom stereocenters.